The van der Waals surface area contributed by atoms with Crippen LogP contribution in [0.3, 0.4) is 0 Å². The van der Waals surface area contributed by atoms with Gasteiger partial charge >= 0.3 is 6.01 Å². The van der Waals surface area contributed by atoms with Crippen LogP contribution in [0.2, 0.25) is 0 Å². The Morgan fingerprint density at radius 2 is 1.90 bits per heavy atom. The van der Waals surface area contributed by atoms with Crippen LogP contribution in [-0.4, -0.2) is 22.7 Å². The monoisotopic (exact) mass is 407 g/mol. The van der Waals surface area contributed by atoms with Crippen LogP contribution in [0.1, 0.15) is 73.3 Å². The number of benzene rings is 2. The van der Waals surface area contributed by atoms with E-state index in [0.717, 1.165) is 24.8 Å². The van der Waals surface area contributed by atoms with Gasteiger partial charge in [0.25, 0.3) is 5.91 Å². The van der Waals surface area contributed by atoms with Gasteiger partial charge in [-0.1, -0.05) is 69.0 Å². The summed E-state index contributed by atoms with van der Waals surface area (Å²) in [5.74, 6) is 1.31. The maximum atomic E-state index is 12.5. The fourth-order valence-electron chi connectivity index (χ4n) is 3.01. The highest BCUT2D eigenvalue weighted by Crippen LogP contribution is 2.18. The summed E-state index contributed by atoms with van der Waals surface area (Å²) >= 11 is 0. The molecule has 0 fully saturated rings. The Balaban J connectivity index is 1.57. The largest absolute Gasteiger partial charge is 0.494 e. The summed E-state index contributed by atoms with van der Waals surface area (Å²) < 4.78 is 11.3. The van der Waals surface area contributed by atoms with Crippen molar-refractivity contribution in [2.75, 3.05) is 11.9 Å². The minimum Gasteiger partial charge on any atom is -0.494 e. The number of ether oxygens (including phenoxy) is 1. The van der Waals surface area contributed by atoms with E-state index < -0.39 is 0 Å². The van der Waals surface area contributed by atoms with Gasteiger partial charge in [-0.05, 0) is 41.7 Å². The molecule has 158 valence electrons. The summed E-state index contributed by atoms with van der Waals surface area (Å²) in [6.07, 6.45) is 3.78. The fraction of sp³-hybridized carbons (Fsp3) is 0.375. The average molecular weight is 408 g/mol. The molecule has 0 spiro atoms. The molecule has 1 N–H and O–H groups in total. The van der Waals surface area contributed by atoms with Crippen molar-refractivity contribution < 1.29 is 13.9 Å². The summed E-state index contributed by atoms with van der Waals surface area (Å²) in [5.41, 5.74) is 2.84. The molecule has 0 bridgehead atoms. The molecule has 6 nitrogen and oxygen atoms in total. The maximum Gasteiger partial charge on any atom is 0.322 e. The van der Waals surface area contributed by atoms with Crippen LogP contribution in [0.5, 0.6) is 5.75 Å². The number of carbonyl (C=O) groups is 1. The zero-order chi connectivity index (χ0) is 21.3. The molecule has 0 atom stereocenters. The van der Waals surface area contributed by atoms with E-state index in [2.05, 4.69) is 60.6 Å². The second-order valence-corrected chi connectivity index (χ2v) is 7.61. The van der Waals surface area contributed by atoms with Crippen molar-refractivity contribution >= 4 is 11.9 Å². The van der Waals surface area contributed by atoms with Gasteiger partial charge in [-0.3, -0.25) is 10.1 Å². The number of unbranched alkanes of at least 4 members (excludes halogenated alkanes) is 2. The number of aromatic nitrogens is 2. The number of anilines is 1. The van der Waals surface area contributed by atoms with Gasteiger partial charge in [0.1, 0.15) is 5.75 Å². The molecular formula is C24H29N3O3. The Bertz CT molecular complexity index is 948. The van der Waals surface area contributed by atoms with E-state index in [9.17, 15) is 4.79 Å². The van der Waals surface area contributed by atoms with Crippen LogP contribution < -0.4 is 10.1 Å². The van der Waals surface area contributed by atoms with Crippen molar-refractivity contribution in [3.63, 3.8) is 0 Å². The van der Waals surface area contributed by atoms with Crippen LogP contribution in [0.4, 0.5) is 6.01 Å². The lowest BCUT2D eigenvalue weighted by atomic mass is 10.0. The third-order valence-electron chi connectivity index (χ3n) is 4.80. The number of carbonyl (C=O) groups excluding carboxylic acids is 1. The van der Waals surface area contributed by atoms with Gasteiger partial charge in [-0.2, -0.15) is 0 Å². The van der Waals surface area contributed by atoms with Crippen molar-refractivity contribution in [1.29, 1.82) is 0 Å². The third-order valence-corrected chi connectivity index (χ3v) is 4.80. The first kappa shape index (κ1) is 21.6. The number of rotatable bonds is 10. The Kier molecular flexibility index (Phi) is 7.60. The number of hydrogen-bond acceptors (Lipinski definition) is 5. The van der Waals surface area contributed by atoms with E-state index in [1.54, 1.807) is 18.2 Å². The molecule has 1 heterocycles. The topological polar surface area (TPSA) is 77.2 Å². The van der Waals surface area contributed by atoms with E-state index in [4.69, 9.17) is 9.15 Å². The Hall–Kier alpha value is -3.15. The summed E-state index contributed by atoms with van der Waals surface area (Å²) in [6, 6.07) is 15.5. The highest BCUT2D eigenvalue weighted by Gasteiger charge is 2.13. The lowest BCUT2D eigenvalue weighted by Gasteiger charge is -2.07. The molecule has 30 heavy (non-hydrogen) atoms. The zero-order valence-corrected chi connectivity index (χ0v) is 17.9. The van der Waals surface area contributed by atoms with E-state index >= 15 is 0 Å². The Labute approximate surface area is 177 Å². The maximum absolute atomic E-state index is 12.5. The smallest absolute Gasteiger partial charge is 0.322 e. The first-order valence-corrected chi connectivity index (χ1v) is 10.5. The molecule has 0 unspecified atom stereocenters. The highest BCUT2D eigenvalue weighted by molar-refractivity contribution is 6.03. The number of hydrogen-bond donors (Lipinski definition) is 1. The van der Waals surface area contributed by atoms with Gasteiger partial charge in [-0.15, -0.1) is 5.10 Å². The Morgan fingerprint density at radius 1 is 1.10 bits per heavy atom. The van der Waals surface area contributed by atoms with Gasteiger partial charge in [-0.25, -0.2) is 0 Å². The number of amides is 1. The molecule has 2 aromatic carbocycles. The average Bonchev–Trinajstić information content (AvgIpc) is 3.18. The molecule has 3 aromatic rings. The SMILES string of the molecule is CCCCCOc1cccc(C(=O)Nc2nnc(Cc3ccc(C(C)C)cc3)o2)c1. The summed E-state index contributed by atoms with van der Waals surface area (Å²) in [6.45, 7) is 7.12. The molecule has 0 aliphatic carbocycles. The first-order chi connectivity index (χ1) is 14.5. The van der Waals surface area contributed by atoms with E-state index in [-0.39, 0.29) is 11.9 Å². The Morgan fingerprint density at radius 3 is 2.63 bits per heavy atom. The van der Waals surface area contributed by atoms with E-state index in [0.29, 0.717) is 36.1 Å². The van der Waals surface area contributed by atoms with Gasteiger partial charge < -0.3 is 9.15 Å². The van der Waals surface area contributed by atoms with Gasteiger partial charge in [0.05, 0.1) is 13.0 Å². The third kappa shape index (κ3) is 6.17. The van der Waals surface area contributed by atoms with Crippen molar-refractivity contribution in [2.24, 2.45) is 0 Å². The standard InChI is InChI=1S/C24H29N3O3/c1-4-5-6-14-29-21-9-7-8-20(16-21)23(28)25-24-27-26-22(30-24)15-18-10-12-19(13-11-18)17(2)3/h7-13,16-17H,4-6,14-15H2,1-3H3,(H,25,27,28). The molecule has 1 amide bonds. The molecule has 0 saturated carbocycles. The predicted molar refractivity (Wildman–Crippen MR) is 117 cm³/mol. The number of nitrogens with zero attached hydrogens (tertiary/aromatic N) is 2. The first-order valence-electron chi connectivity index (χ1n) is 10.5. The molecule has 0 radical (unpaired) electrons. The van der Waals surface area contributed by atoms with Crippen molar-refractivity contribution in [1.82, 2.24) is 10.2 Å². The van der Waals surface area contributed by atoms with Crippen LogP contribution in [0, 0.1) is 0 Å². The molecular weight excluding hydrogens is 378 g/mol. The number of nitrogens with one attached hydrogen (secondary N) is 1. The molecule has 6 heteroatoms. The predicted octanol–water partition coefficient (Wildman–Crippen LogP) is 5.61. The van der Waals surface area contributed by atoms with E-state index in [1.807, 2.05) is 6.07 Å². The fourth-order valence-corrected chi connectivity index (χ4v) is 3.01. The molecule has 0 saturated heterocycles. The van der Waals surface area contributed by atoms with Gasteiger partial charge in [0.15, 0.2) is 0 Å². The lowest BCUT2D eigenvalue weighted by Crippen LogP contribution is -2.12. The quantitative estimate of drug-likeness (QED) is 0.442. The summed E-state index contributed by atoms with van der Waals surface area (Å²) in [7, 11) is 0. The van der Waals surface area contributed by atoms with Crippen molar-refractivity contribution in [3.8, 4) is 5.75 Å². The van der Waals surface area contributed by atoms with Gasteiger partial charge in [0, 0.05) is 5.56 Å². The molecule has 0 aliphatic heterocycles. The summed E-state index contributed by atoms with van der Waals surface area (Å²) in [5, 5.41) is 10.6. The van der Waals surface area contributed by atoms with Crippen LogP contribution in [0.15, 0.2) is 52.9 Å². The van der Waals surface area contributed by atoms with Crippen molar-refractivity contribution in [3.05, 3.63) is 71.1 Å². The normalized spacial score (nSPS) is 10.9. The highest BCUT2D eigenvalue weighted by atomic mass is 16.5. The van der Waals surface area contributed by atoms with Crippen molar-refractivity contribution in [2.45, 2.75) is 52.4 Å². The second-order valence-electron chi connectivity index (χ2n) is 7.61. The van der Waals surface area contributed by atoms with Crippen LogP contribution in [0.25, 0.3) is 0 Å². The van der Waals surface area contributed by atoms with Crippen LogP contribution in [-0.2, 0) is 6.42 Å². The van der Waals surface area contributed by atoms with Gasteiger partial charge in [0.2, 0.25) is 5.89 Å². The molecule has 3 rings (SSSR count). The van der Waals surface area contributed by atoms with E-state index in [1.165, 1.54) is 5.56 Å². The van der Waals surface area contributed by atoms with Crippen LogP contribution >= 0.6 is 0 Å². The minimum atomic E-state index is -0.314. The molecule has 1 aromatic heterocycles. The second kappa shape index (κ2) is 10.6. The lowest BCUT2D eigenvalue weighted by molar-refractivity contribution is 0.102. The minimum absolute atomic E-state index is 0.0862. The summed E-state index contributed by atoms with van der Waals surface area (Å²) in [4.78, 5) is 12.5. The zero-order valence-electron chi connectivity index (χ0n) is 17.9. The molecule has 0 aliphatic rings.